The predicted molar refractivity (Wildman–Crippen MR) is 124 cm³/mol. The summed E-state index contributed by atoms with van der Waals surface area (Å²) in [6.45, 7) is 7.36. The van der Waals surface area contributed by atoms with Crippen LogP contribution in [0.25, 0.3) is 0 Å². The maximum atomic E-state index is 13.1. The molecule has 1 unspecified atom stereocenters. The Hall–Kier alpha value is -3.35. The standard InChI is InChI=1S/C25H33N3O4/c1-6-18-12-14-20(15-13-18)22(23(30)26-16-19-10-8-7-9-11-19)28(5)21(29)17-27-24(31)32-25(2,3)4/h7-15,22H,6,16-17H2,1-5H3,(H,26,30)(H,27,31). The average Bonchev–Trinajstić information content (AvgIpc) is 2.76. The molecule has 0 aliphatic carbocycles. The molecular weight excluding hydrogens is 406 g/mol. The Morgan fingerprint density at radius 3 is 2.12 bits per heavy atom. The third-order valence-electron chi connectivity index (χ3n) is 4.83. The minimum Gasteiger partial charge on any atom is -0.444 e. The zero-order chi connectivity index (χ0) is 23.7. The van der Waals surface area contributed by atoms with Crippen LogP contribution in [0.15, 0.2) is 54.6 Å². The van der Waals surface area contributed by atoms with Crippen LogP contribution in [0.5, 0.6) is 0 Å². The van der Waals surface area contributed by atoms with Crippen molar-refractivity contribution >= 4 is 17.9 Å². The molecule has 0 spiro atoms. The molecule has 0 aromatic heterocycles. The SMILES string of the molecule is CCc1ccc(C(C(=O)NCc2ccccc2)N(C)C(=O)CNC(=O)OC(C)(C)C)cc1. The van der Waals surface area contributed by atoms with Gasteiger partial charge in [-0.25, -0.2) is 4.79 Å². The minimum absolute atomic E-state index is 0.277. The number of alkyl carbamates (subject to hydrolysis) is 1. The lowest BCUT2D eigenvalue weighted by molar-refractivity contribution is -0.138. The zero-order valence-corrected chi connectivity index (χ0v) is 19.5. The molecule has 0 heterocycles. The summed E-state index contributed by atoms with van der Waals surface area (Å²) in [6.07, 6.45) is 0.191. The number of nitrogens with zero attached hydrogens (tertiary/aromatic N) is 1. The molecule has 0 radical (unpaired) electrons. The Morgan fingerprint density at radius 2 is 1.56 bits per heavy atom. The van der Waals surface area contributed by atoms with Crippen molar-refractivity contribution in [3.05, 3.63) is 71.3 Å². The largest absolute Gasteiger partial charge is 0.444 e. The molecule has 0 bridgehead atoms. The number of carbonyl (C=O) groups excluding carboxylic acids is 3. The lowest BCUT2D eigenvalue weighted by Crippen LogP contribution is -2.46. The van der Waals surface area contributed by atoms with Crippen LogP contribution in [0.1, 0.15) is 50.4 Å². The van der Waals surface area contributed by atoms with Crippen molar-refractivity contribution < 1.29 is 19.1 Å². The van der Waals surface area contributed by atoms with E-state index < -0.39 is 23.6 Å². The molecule has 7 heteroatoms. The Bertz CT molecular complexity index is 905. The quantitative estimate of drug-likeness (QED) is 0.658. The van der Waals surface area contributed by atoms with Gasteiger partial charge in [0.15, 0.2) is 0 Å². The summed E-state index contributed by atoms with van der Waals surface area (Å²) in [5.41, 5.74) is 2.13. The van der Waals surface area contributed by atoms with Crippen molar-refractivity contribution in [1.29, 1.82) is 0 Å². The maximum Gasteiger partial charge on any atom is 0.408 e. The number of aryl methyl sites for hydroxylation is 1. The number of benzene rings is 2. The predicted octanol–water partition coefficient (Wildman–Crippen LogP) is 3.59. The summed E-state index contributed by atoms with van der Waals surface area (Å²) >= 11 is 0. The highest BCUT2D eigenvalue weighted by Crippen LogP contribution is 2.21. The van der Waals surface area contributed by atoms with Gasteiger partial charge in [0.05, 0.1) is 0 Å². The van der Waals surface area contributed by atoms with Crippen LogP contribution in [0.4, 0.5) is 4.79 Å². The molecule has 2 rings (SSSR count). The number of amides is 3. The van der Waals surface area contributed by atoms with Gasteiger partial charge in [0.2, 0.25) is 11.8 Å². The highest BCUT2D eigenvalue weighted by Gasteiger charge is 2.29. The van der Waals surface area contributed by atoms with Gasteiger partial charge >= 0.3 is 6.09 Å². The van der Waals surface area contributed by atoms with Gasteiger partial charge in [0, 0.05) is 13.6 Å². The molecule has 1 atom stereocenters. The van der Waals surface area contributed by atoms with Crippen molar-refractivity contribution in [2.45, 2.75) is 52.3 Å². The fraction of sp³-hybridized carbons (Fsp3) is 0.400. The van der Waals surface area contributed by atoms with E-state index in [0.29, 0.717) is 12.1 Å². The van der Waals surface area contributed by atoms with E-state index in [9.17, 15) is 14.4 Å². The van der Waals surface area contributed by atoms with Crippen molar-refractivity contribution in [3.8, 4) is 0 Å². The van der Waals surface area contributed by atoms with Crippen molar-refractivity contribution in [3.63, 3.8) is 0 Å². The molecule has 172 valence electrons. The lowest BCUT2D eigenvalue weighted by atomic mass is 10.0. The molecule has 0 aliphatic heterocycles. The van der Waals surface area contributed by atoms with Crippen molar-refractivity contribution in [2.24, 2.45) is 0 Å². The first-order chi connectivity index (χ1) is 15.1. The second kappa shape index (κ2) is 11.3. The molecule has 7 nitrogen and oxygen atoms in total. The second-order valence-corrected chi connectivity index (χ2v) is 8.56. The Labute approximate surface area is 190 Å². The van der Waals surface area contributed by atoms with Crippen LogP contribution < -0.4 is 10.6 Å². The molecule has 3 amide bonds. The smallest absolute Gasteiger partial charge is 0.408 e. The van der Waals surface area contributed by atoms with E-state index in [2.05, 4.69) is 17.6 Å². The van der Waals surface area contributed by atoms with E-state index in [-0.39, 0.29) is 12.5 Å². The summed E-state index contributed by atoms with van der Waals surface area (Å²) in [4.78, 5) is 39.2. The van der Waals surface area contributed by atoms with Gasteiger partial charge in [0.25, 0.3) is 0 Å². The van der Waals surface area contributed by atoms with Crippen LogP contribution in [0.2, 0.25) is 0 Å². The third-order valence-corrected chi connectivity index (χ3v) is 4.83. The summed E-state index contributed by atoms with van der Waals surface area (Å²) < 4.78 is 5.17. The summed E-state index contributed by atoms with van der Waals surface area (Å²) in [6, 6.07) is 16.3. The van der Waals surface area contributed by atoms with Gasteiger partial charge in [0.1, 0.15) is 18.2 Å². The van der Waals surface area contributed by atoms with Crippen LogP contribution >= 0.6 is 0 Å². The minimum atomic E-state index is -0.836. The lowest BCUT2D eigenvalue weighted by Gasteiger charge is -2.28. The number of nitrogens with one attached hydrogen (secondary N) is 2. The first kappa shape index (κ1) is 24.9. The van der Waals surface area contributed by atoms with E-state index in [1.807, 2.05) is 54.6 Å². The average molecular weight is 440 g/mol. The second-order valence-electron chi connectivity index (χ2n) is 8.56. The van der Waals surface area contributed by atoms with Gasteiger partial charge in [-0.05, 0) is 43.9 Å². The molecule has 32 heavy (non-hydrogen) atoms. The summed E-state index contributed by atoms with van der Waals surface area (Å²) in [5, 5.41) is 5.37. The normalized spacial score (nSPS) is 11.9. The van der Waals surface area contributed by atoms with E-state index in [1.165, 1.54) is 4.90 Å². The molecule has 0 saturated carbocycles. The zero-order valence-electron chi connectivity index (χ0n) is 19.5. The highest BCUT2D eigenvalue weighted by atomic mass is 16.6. The third kappa shape index (κ3) is 7.72. The number of carbonyl (C=O) groups is 3. The van der Waals surface area contributed by atoms with Crippen LogP contribution in [-0.2, 0) is 27.3 Å². The maximum absolute atomic E-state index is 13.1. The molecule has 0 fully saturated rings. The monoisotopic (exact) mass is 439 g/mol. The summed E-state index contributed by atoms with van der Waals surface area (Å²) in [7, 11) is 1.56. The van der Waals surface area contributed by atoms with E-state index >= 15 is 0 Å². The number of ether oxygens (including phenoxy) is 1. The molecular formula is C25H33N3O4. The first-order valence-corrected chi connectivity index (χ1v) is 10.7. The Balaban J connectivity index is 2.14. The molecule has 0 saturated heterocycles. The van der Waals surface area contributed by atoms with Crippen molar-refractivity contribution in [1.82, 2.24) is 15.5 Å². The van der Waals surface area contributed by atoms with Gasteiger partial charge < -0.3 is 20.3 Å². The number of rotatable bonds is 8. The molecule has 2 aromatic carbocycles. The fourth-order valence-electron chi connectivity index (χ4n) is 3.10. The van der Waals surface area contributed by atoms with Gasteiger partial charge in [-0.2, -0.15) is 0 Å². The Morgan fingerprint density at radius 1 is 0.938 bits per heavy atom. The van der Waals surface area contributed by atoms with Crippen LogP contribution in [0.3, 0.4) is 0 Å². The van der Waals surface area contributed by atoms with Gasteiger partial charge in [-0.1, -0.05) is 61.5 Å². The van der Waals surface area contributed by atoms with Gasteiger partial charge in [-0.15, -0.1) is 0 Å². The van der Waals surface area contributed by atoms with Crippen LogP contribution in [-0.4, -0.2) is 42.0 Å². The topological polar surface area (TPSA) is 87.7 Å². The number of likely N-dealkylation sites (N-methyl/N-ethyl adjacent to an activating group) is 1. The van der Waals surface area contributed by atoms with Crippen LogP contribution in [0, 0.1) is 0 Å². The molecule has 2 aromatic rings. The number of hydrogen-bond acceptors (Lipinski definition) is 4. The van der Waals surface area contributed by atoms with E-state index in [0.717, 1.165) is 17.5 Å². The molecule has 2 N–H and O–H groups in total. The van der Waals surface area contributed by atoms with Crippen molar-refractivity contribution in [2.75, 3.05) is 13.6 Å². The summed E-state index contributed by atoms with van der Waals surface area (Å²) in [5.74, 6) is -0.707. The molecule has 0 aliphatic rings. The van der Waals surface area contributed by atoms with E-state index in [1.54, 1.807) is 27.8 Å². The Kier molecular flexibility index (Phi) is 8.81. The first-order valence-electron chi connectivity index (χ1n) is 10.7. The van der Waals surface area contributed by atoms with E-state index in [4.69, 9.17) is 4.74 Å². The fourth-order valence-corrected chi connectivity index (χ4v) is 3.10. The van der Waals surface area contributed by atoms with Gasteiger partial charge in [-0.3, -0.25) is 9.59 Å². The number of hydrogen-bond donors (Lipinski definition) is 2. The highest BCUT2D eigenvalue weighted by molar-refractivity contribution is 5.90.